The third kappa shape index (κ3) is 7.25. The number of carbonyl (C=O) groups is 3. The molecule has 0 aromatic heterocycles. The SMILES string of the molecule is COc1cc(N2CCC(CN3CCN(c4ccc5c(c4)CN([C@H]4CCC(=O)NC4=O)C5=O)CC3)CC2)ccc1[C@@H]1c2ccc(O)cc2CC[C@@H]1C1CCCCC1. The van der Waals surface area contributed by atoms with E-state index in [0.29, 0.717) is 42.0 Å². The standard InChI is InChI=1S/C46H57N5O5/c1-56-42-27-35(9-13-40(42)44-37(31-5-3-2-4-6-31)11-7-32-26-36(52)10-14-38(32)44)49-19-17-30(18-20-49)28-48-21-23-50(24-22-48)34-8-12-39-33(25-34)29-51(46(39)55)41-15-16-43(53)47-45(41)54/h8-10,12-14,25-27,30-31,37,41,44,52H,2-7,11,15-24,28-29H2,1H3,(H,47,53,54)/t37-,41+,44+/m1/s1. The molecule has 9 rings (SSSR count). The first-order chi connectivity index (χ1) is 27.3. The highest BCUT2D eigenvalue weighted by molar-refractivity contribution is 6.05. The van der Waals surface area contributed by atoms with Crippen molar-refractivity contribution in [3.05, 3.63) is 82.4 Å². The van der Waals surface area contributed by atoms with Crippen molar-refractivity contribution in [3.63, 3.8) is 0 Å². The summed E-state index contributed by atoms with van der Waals surface area (Å²) in [7, 11) is 1.83. The molecule has 296 valence electrons. The molecular formula is C46H57N5O5. The minimum absolute atomic E-state index is 0.121. The maximum atomic E-state index is 13.2. The topological polar surface area (TPSA) is 106 Å². The Labute approximate surface area is 331 Å². The average Bonchev–Trinajstić information content (AvgIpc) is 3.55. The Bertz CT molecular complexity index is 1960. The molecule has 3 aromatic rings. The van der Waals surface area contributed by atoms with Crippen molar-refractivity contribution < 1.29 is 24.2 Å². The number of ether oxygens (including phenoxy) is 1. The zero-order valence-corrected chi connectivity index (χ0v) is 32.9. The van der Waals surface area contributed by atoms with Gasteiger partial charge in [-0.05, 0) is 103 Å². The molecule has 3 atom stereocenters. The number of phenolic OH excluding ortho intramolecular Hbond substituents is 1. The predicted molar refractivity (Wildman–Crippen MR) is 217 cm³/mol. The number of nitrogens with zero attached hydrogens (tertiary/aromatic N) is 4. The number of nitrogens with one attached hydrogen (secondary N) is 1. The van der Waals surface area contributed by atoms with E-state index in [-0.39, 0.29) is 24.1 Å². The zero-order valence-electron chi connectivity index (χ0n) is 32.9. The van der Waals surface area contributed by atoms with Crippen LogP contribution < -0.4 is 19.9 Å². The number of piperazine rings is 1. The Morgan fingerprint density at radius 2 is 1.46 bits per heavy atom. The molecule has 3 amide bonds. The minimum atomic E-state index is -0.587. The van der Waals surface area contributed by atoms with E-state index >= 15 is 0 Å². The molecule has 0 unspecified atom stereocenters. The number of aryl methyl sites for hydroxylation is 1. The number of methoxy groups -OCH3 is 1. The van der Waals surface area contributed by atoms with Gasteiger partial charge in [0.25, 0.3) is 5.91 Å². The van der Waals surface area contributed by atoms with Crippen LogP contribution in [0.4, 0.5) is 11.4 Å². The van der Waals surface area contributed by atoms with E-state index in [0.717, 1.165) is 75.2 Å². The number of hydrogen-bond donors (Lipinski definition) is 2. The van der Waals surface area contributed by atoms with E-state index in [9.17, 15) is 19.5 Å². The Morgan fingerprint density at radius 1 is 0.732 bits per heavy atom. The number of carbonyl (C=O) groups excluding carboxylic acids is 3. The number of fused-ring (bicyclic) bond motifs is 2. The Hall–Kier alpha value is -4.57. The largest absolute Gasteiger partial charge is 0.508 e. The van der Waals surface area contributed by atoms with Crippen molar-refractivity contribution in [2.45, 2.75) is 89.1 Å². The molecule has 2 aliphatic carbocycles. The third-order valence-electron chi connectivity index (χ3n) is 14.2. The van der Waals surface area contributed by atoms with Crippen molar-refractivity contribution in [1.29, 1.82) is 0 Å². The summed E-state index contributed by atoms with van der Waals surface area (Å²) in [6.07, 6.45) is 11.9. The number of amides is 3. The van der Waals surface area contributed by atoms with Crippen LogP contribution in [0.15, 0.2) is 54.6 Å². The lowest BCUT2D eigenvalue weighted by atomic mass is 9.64. The van der Waals surface area contributed by atoms with Crippen LogP contribution in [0.3, 0.4) is 0 Å². The fraction of sp³-hybridized carbons (Fsp3) is 0.543. The maximum absolute atomic E-state index is 13.2. The van der Waals surface area contributed by atoms with Crippen LogP contribution in [-0.2, 0) is 22.6 Å². The minimum Gasteiger partial charge on any atom is -0.508 e. The summed E-state index contributed by atoms with van der Waals surface area (Å²) in [6, 6.07) is 18.5. The molecule has 4 heterocycles. The van der Waals surface area contributed by atoms with E-state index < -0.39 is 6.04 Å². The van der Waals surface area contributed by atoms with Crippen LogP contribution in [0.2, 0.25) is 0 Å². The van der Waals surface area contributed by atoms with E-state index in [1.165, 1.54) is 73.7 Å². The highest BCUT2D eigenvalue weighted by atomic mass is 16.5. The fourth-order valence-electron chi connectivity index (χ4n) is 11.1. The number of rotatable bonds is 8. The molecule has 0 spiro atoms. The number of hydrogen-bond acceptors (Lipinski definition) is 8. The number of anilines is 2. The average molecular weight is 760 g/mol. The molecule has 2 N–H and O–H groups in total. The van der Waals surface area contributed by atoms with Gasteiger partial charge in [-0.25, -0.2) is 0 Å². The number of piperidine rings is 2. The summed E-state index contributed by atoms with van der Waals surface area (Å²) >= 11 is 0. The number of phenols is 1. The highest BCUT2D eigenvalue weighted by Gasteiger charge is 2.40. The monoisotopic (exact) mass is 759 g/mol. The molecule has 56 heavy (non-hydrogen) atoms. The maximum Gasteiger partial charge on any atom is 0.255 e. The molecular weight excluding hydrogens is 703 g/mol. The first kappa shape index (κ1) is 37.0. The third-order valence-corrected chi connectivity index (χ3v) is 14.2. The first-order valence-electron chi connectivity index (χ1n) is 21.3. The van der Waals surface area contributed by atoms with E-state index in [2.05, 4.69) is 50.3 Å². The van der Waals surface area contributed by atoms with Gasteiger partial charge in [-0.2, -0.15) is 0 Å². The molecule has 10 heteroatoms. The van der Waals surface area contributed by atoms with Gasteiger partial charge in [-0.1, -0.05) is 44.2 Å². The highest BCUT2D eigenvalue weighted by Crippen LogP contribution is 2.51. The van der Waals surface area contributed by atoms with Crippen molar-refractivity contribution in [3.8, 4) is 11.5 Å². The van der Waals surface area contributed by atoms with Crippen LogP contribution in [0.25, 0.3) is 0 Å². The number of benzene rings is 3. The summed E-state index contributed by atoms with van der Waals surface area (Å²) < 4.78 is 6.20. The van der Waals surface area contributed by atoms with Crippen molar-refractivity contribution in [2.75, 3.05) is 62.7 Å². The molecule has 0 bridgehead atoms. The van der Waals surface area contributed by atoms with Crippen LogP contribution >= 0.6 is 0 Å². The van der Waals surface area contributed by atoms with Gasteiger partial charge in [0.1, 0.15) is 17.5 Å². The molecule has 1 saturated carbocycles. The van der Waals surface area contributed by atoms with Gasteiger partial charge in [0.2, 0.25) is 11.8 Å². The molecule has 6 aliphatic rings. The van der Waals surface area contributed by atoms with E-state index in [1.807, 2.05) is 31.4 Å². The Morgan fingerprint density at radius 3 is 2.23 bits per heavy atom. The molecule has 4 fully saturated rings. The first-order valence-corrected chi connectivity index (χ1v) is 21.3. The summed E-state index contributed by atoms with van der Waals surface area (Å²) in [4.78, 5) is 46.5. The lowest BCUT2D eigenvalue weighted by Crippen LogP contribution is -2.52. The Balaban J connectivity index is 0.798. The van der Waals surface area contributed by atoms with E-state index in [1.54, 1.807) is 4.90 Å². The second-order valence-electron chi connectivity index (χ2n) is 17.3. The second-order valence-corrected chi connectivity index (χ2v) is 17.3. The van der Waals surface area contributed by atoms with Gasteiger partial charge in [-0.3, -0.25) is 24.6 Å². The van der Waals surface area contributed by atoms with Crippen molar-refractivity contribution >= 4 is 29.1 Å². The number of aromatic hydroxyl groups is 1. The van der Waals surface area contributed by atoms with Crippen LogP contribution in [0.1, 0.15) is 103 Å². The van der Waals surface area contributed by atoms with Gasteiger partial charge < -0.3 is 24.5 Å². The normalized spacial score (nSPS) is 25.3. The zero-order chi connectivity index (χ0) is 38.3. The van der Waals surface area contributed by atoms with Crippen LogP contribution in [-0.4, -0.2) is 91.6 Å². The molecule has 10 nitrogen and oxygen atoms in total. The predicted octanol–water partition coefficient (Wildman–Crippen LogP) is 6.48. The smallest absolute Gasteiger partial charge is 0.255 e. The Kier molecular flexibility index (Phi) is 10.4. The second kappa shape index (κ2) is 15.8. The summed E-state index contributed by atoms with van der Waals surface area (Å²) in [6.45, 7) is 7.56. The lowest BCUT2D eigenvalue weighted by Gasteiger charge is -2.41. The summed E-state index contributed by atoms with van der Waals surface area (Å²) in [5, 5.41) is 12.7. The molecule has 0 radical (unpaired) electrons. The summed E-state index contributed by atoms with van der Waals surface area (Å²) in [5.41, 5.74) is 7.98. The van der Waals surface area contributed by atoms with Gasteiger partial charge >= 0.3 is 0 Å². The van der Waals surface area contributed by atoms with E-state index in [4.69, 9.17) is 4.74 Å². The van der Waals surface area contributed by atoms with Gasteiger partial charge in [0.15, 0.2) is 0 Å². The molecule has 3 saturated heterocycles. The van der Waals surface area contributed by atoms with Crippen molar-refractivity contribution in [1.82, 2.24) is 15.1 Å². The lowest BCUT2D eigenvalue weighted by molar-refractivity contribution is -0.136. The van der Waals surface area contributed by atoms with Crippen molar-refractivity contribution in [2.24, 2.45) is 17.8 Å². The summed E-state index contributed by atoms with van der Waals surface area (Å²) in [5.74, 6) is 2.91. The quantitative estimate of drug-likeness (QED) is 0.252. The van der Waals surface area contributed by atoms with Gasteiger partial charge in [-0.15, -0.1) is 0 Å². The number of imide groups is 1. The molecule has 3 aromatic carbocycles. The molecule has 4 aliphatic heterocycles. The van der Waals surface area contributed by atoms with Gasteiger partial charge in [0, 0.05) is 93.3 Å². The van der Waals surface area contributed by atoms with Gasteiger partial charge in [0.05, 0.1) is 7.11 Å². The van der Waals surface area contributed by atoms with Crippen LogP contribution in [0.5, 0.6) is 11.5 Å². The van der Waals surface area contributed by atoms with Crippen LogP contribution in [0, 0.1) is 17.8 Å². The fourth-order valence-corrected chi connectivity index (χ4v) is 11.1.